The standard InChI is InChI=1S/C13H22O2/c14-12-8-6-4-2-1-3-5-7-9-13(15)11-10-12/h1-11H2. The molecule has 0 N–H and O–H groups in total. The monoisotopic (exact) mass is 210 g/mol. The average Bonchev–Trinajstić information content (AvgIpc) is 2.24. The van der Waals surface area contributed by atoms with Crippen LogP contribution in [-0.4, -0.2) is 11.6 Å². The van der Waals surface area contributed by atoms with Crippen molar-refractivity contribution in [3.63, 3.8) is 0 Å². The van der Waals surface area contributed by atoms with Crippen LogP contribution < -0.4 is 0 Å². The van der Waals surface area contributed by atoms with E-state index in [1.165, 1.54) is 32.1 Å². The van der Waals surface area contributed by atoms with Gasteiger partial charge in [0.25, 0.3) is 0 Å². The highest BCUT2D eigenvalue weighted by atomic mass is 16.1. The molecule has 2 nitrogen and oxygen atoms in total. The van der Waals surface area contributed by atoms with Crippen molar-refractivity contribution < 1.29 is 9.59 Å². The summed E-state index contributed by atoms with van der Waals surface area (Å²) in [6, 6.07) is 0. The first kappa shape index (κ1) is 12.4. The van der Waals surface area contributed by atoms with Gasteiger partial charge in [-0.25, -0.2) is 0 Å². The molecule has 0 amide bonds. The zero-order valence-electron chi connectivity index (χ0n) is 9.59. The summed E-state index contributed by atoms with van der Waals surface area (Å²) in [5.74, 6) is 0.560. The third-order valence-corrected chi connectivity index (χ3v) is 3.09. The number of ketones is 2. The van der Waals surface area contributed by atoms with Gasteiger partial charge in [-0.15, -0.1) is 0 Å². The van der Waals surface area contributed by atoms with Gasteiger partial charge in [-0.2, -0.15) is 0 Å². The van der Waals surface area contributed by atoms with E-state index in [1.54, 1.807) is 0 Å². The molecule has 0 aliphatic heterocycles. The average molecular weight is 210 g/mol. The Morgan fingerprint density at radius 2 is 0.800 bits per heavy atom. The number of Topliss-reactive ketones (excluding diaryl/α,β-unsaturated/α-hetero) is 2. The fourth-order valence-electron chi connectivity index (χ4n) is 2.06. The Balaban J connectivity index is 2.28. The molecule has 0 unspecified atom stereocenters. The van der Waals surface area contributed by atoms with E-state index in [4.69, 9.17) is 0 Å². The molecule has 1 fully saturated rings. The van der Waals surface area contributed by atoms with E-state index in [1.807, 2.05) is 0 Å². The third kappa shape index (κ3) is 6.43. The van der Waals surface area contributed by atoms with Crippen molar-refractivity contribution in [2.75, 3.05) is 0 Å². The van der Waals surface area contributed by atoms with Gasteiger partial charge in [-0.3, -0.25) is 9.59 Å². The van der Waals surface area contributed by atoms with Gasteiger partial charge >= 0.3 is 0 Å². The van der Waals surface area contributed by atoms with Gasteiger partial charge in [0, 0.05) is 25.7 Å². The molecule has 0 atom stereocenters. The van der Waals surface area contributed by atoms with Crippen LogP contribution in [0.5, 0.6) is 0 Å². The highest BCUT2D eigenvalue weighted by molar-refractivity contribution is 5.85. The summed E-state index contributed by atoms with van der Waals surface area (Å²) in [4.78, 5) is 22.8. The van der Waals surface area contributed by atoms with Gasteiger partial charge in [0.05, 0.1) is 0 Å². The largest absolute Gasteiger partial charge is 0.300 e. The lowest BCUT2D eigenvalue weighted by molar-refractivity contribution is -0.124. The van der Waals surface area contributed by atoms with Crippen LogP contribution in [0.15, 0.2) is 0 Å². The van der Waals surface area contributed by atoms with Gasteiger partial charge in [0.15, 0.2) is 0 Å². The molecule has 1 aliphatic rings. The van der Waals surface area contributed by atoms with E-state index in [0.717, 1.165) is 12.8 Å². The lowest BCUT2D eigenvalue weighted by Gasteiger charge is -1.99. The van der Waals surface area contributed by atoms with Gasteiger partial charge in [-0.05, 0) is 12.8 Å². The Bertz CT molecular complexity index is 187. The Morgan fingerprint density at radius 3 is 1.20 bits per heavy atom. The number of carbonyl (C=O) groups is 2. The first-order valence-electron chi connectivity index (χ1n) is 6.32. The van der Waals surface area contributed by atoms with Crippen molar-refractivity contribution in [2.45, 2.75) is 70.6 Å². The predicted octanol–water partition coefficient (Wildman–Crippen LogP) is 3.43. The van der Waals surface area contributed by atoms with Crippen LogP contribution in [0.2, 0.25) is 0 Å². The Labute approximate surface area is 92.4 Å². The van der Waals surface area contributed by atoms with E-state index in [9.17, 15) is 9.59 Å². The van der Waals surface area contributed by atoms with Crippen molar-refractivity contribution in [1.29, 1.82) is 0 Å². The van der Waals surface area contributed by atoms with Crippen molar-refractivity contribution >= 4 is 11.6 Å². The highest BCUT2D eigenvalue weighted by Gasteiger charge is 2.07. The molecule has 0 aromatic carbocycles. The molecule has 86 valence electrons. The predicted molar refractivity (Wildman–Crippen MR) is 60.8 cm³/mol. The zero-order chi connectivity index (χ0) is 10.9. The van der Waals surface area contributed by atoms with E-state index in [-0.39, 0.29) is 11.6 Å². The van der Waals surface area contributed by atoms with Gasteiger partial charge < -0.3 is 0 Å². The quantitative estimate of drug-likeness (QED) is 0.614. The van der Waals surface area contributed by atoms with Crippen LogP contribution in [0.3, 0.4) is 0 Å². The summed E-state index contributed by atoms with van der Waals surface area (Å²) in [6.45, 7) is 0. The minimum absolute atomic E-state index is 0.280. The SMILES string of the molecule is O=C1CCCCCCCCCC(=O)CC1. The van der Waals surface area contributed by atoms with Crippen molar-refractivity contribution in [1.82, 2.24) is 0 Å². The first-order chi connectivity index (χ1) is 7.29. The Morgan fingerprint density at radius 1 is 0.467 bits per heavy atom. The maximum absolute atomic E-state index is 11.4. The van der Waals surface area contributed by atoms with Crippen LogP contribution in [0.4, 0.5) is 0 Å². The van der Waals surface area contributed by atoms with Crippen molar-refractivity contribution in [2.24, 2.45) is 0 Å². The summed E-state index contributed by atoms with van der Waals surface area (Å²) in [6.07, 6.45) is 10.5. The van der Waals surface area contributed by atoms with Crippen LogP contribution in [0.1, 0.15) is 70.6 Å². The second kappa shape index (κ2) is 7.61. The van der Waals surface area contributed by atoms with Crippen LogP contribution >= 0.6 is 0 Å². The Hall–Kier alpha value is -0.660. The maximum atomic E-state index is 11.4. The van der Waals surface area contributed by atoms with E-state index >= 15 is 0 Å². The minimum atomic E-state index is 0.280. The fraction of sp³-hybridized carbons (Fsp3) is 0.846. The number of hydrogen-bond donors (Lipinski definition) is 0. The number of carbonyl (C=O) groups excluding carboxylic acids is 2. The second-order valence-electron chi connectivity index (χ2n) is 4.55. The number of rotatable bonds is 0. The molecule has 0 heterocycles. The summed E-state index contributed by atoms with van der Waals surface area (Å²) < 4.78 is 0. The molecule has 0 saturated heterocycles. The summed E-state index contributed by atoms with van der Waals surface area (Å²) in [5.41, 5.74) is 0. The lowest BCUT2D eigenvalue weighted by Crippen LogP contribution is -2.03. The maximum Gasteiger partial charge on any atom is 0.133 e. The summed E-state index contributed by atoms with van der Waals surface area (Å²) >= 11 is 0. The second-order valence-corrected chi connectivity index (χ2v) is 4.55. The fourth-order valence-corrected chi connectivity index (χ4v) is 2.06. The molecule has 0 spiro atoms. The molecular formula is C13H22O2. The van der Waals surface area contributed by atoms with E-state index in [0.29, 0.717) is 25.7 Å². The van der Waals surface area contributed by atoms with Crippen LogP contribution in [0, 0.1) is 0 Å². The number of hydrogen-bond acceptors (Lipinski definition) is 2. The van der Waals surface area contributed by atoms with Crippen molar-refractivity contribution in [3.8, 4) is 0 Å². The van der Waals surface area contributed by atoms with Crippen LogP contribution in [0.25, 0.3) is 0 Å². The van der Waals surface area contributed by atoms with E-state index in [2.05, 4.69) is 0 Å². The van der Waals surface area contributed by atoms with Gasteiger partial charge in [-0.1, -0.05) is 32.1 Å². The Kier molecular flexibility index (Phi) is 6.29. The molecule has 2 heteroatoms. The van der Waals surface area contributed by atoms with Gasteiger partial charge in [0.1, 0.15) is 11.6 Å². The molecule has 1 saturated carbocycles. The summed E-state index contributed by atoms with van der Waals surface area (Å²) in [7, 11) is 0. The van der Waals surface area contributed by atoms with Crippen molar-refractivity contribution in [3.05, 3.63) is 0 Å². The minimum Gasteiger partial charge on any atom is -0.300 e. The molecule has 0 aromatic heterocycles. The topological polar surface area (TPSA) is 34.1 Å². The summed E-state index contributed by atoms with van der Waals surface area (Å²) in [5, 5.41) is 0. The van der Waals surface area contributed by atoms with Crippen LogP contribution in [-0.2, 0) is 9.59 Å². The third-order valence-electron chi connectivity index (χ3n) is 3.09. The first-order valence-corrected chi connectivity index (χ1v) is 6.32. The zero-order valence-corrected chi connectivity index (χ0v) is 9.59. The lowest BCUT2D eigenvalue weighted by atomic mass is 10.0. The molecule has 0 aromatic rings. The van der Waals surface area contributed by atoms with Gasteiger partial charge in [0.2, 0.25) is 0 Å². The smallest absolute Gasteiger partial charge is 0.133 e. The molecule has 0 bridgehead atoms. The normalized spacial score (nSPS) is 22.7. The molecular weight excluding hydrogens is 188 g/mol. The van der Waals surface area contributed by atoms with E-state index < -0.39 is 0 Å². The molecule has 1 rings (SSSR count). The highest BCUT2D eigenvalue weighted by Crippen LogP contribution is 2.13. The molecule has 1 aliphatic carbocycles. The molecule has 0 radical (unpaired) electrons. The molecule has 15 heavy (non-hydrogen) atoms.